The van der Waals surface area contributed by atoms with E-state index in [0.717, 1.165) is 36.4 Å². The predicted octanol–water partition coefficient (Wildman–Crippen LogP) is 10.3. The Labute approximate surface area is 297 Å². The maximum absolute atomic E-state index is 15.4. The van der Waals surface area contributed by atoms with Gasteiger partial charge in [-0.3, -0.25) is 9.97 Å². The lowest BCUT2D eigenvalue weighted by Crippen LogP contribution is -2.16. The number of sulfone groups is 1. The molecule has 0 saturated heterocycles. The average molecular weight is 757 g/mol. The van der Waals surface area contributed by atoms with E-state index in [0.29, 0.717) is 44.5 Å². The van der Waals surface area contributed by atoms with Gasteiger partial charge in [-0.1, -0.05) is 48.5 Å². The fourth-order valence-electron chi connectivity index (χ4n) is 5.61. The predicted molar refractivity (Wildman–Crippen MR) is 180 cm³/mol. The molecule has 53 heavy (non-hydrogen) atoms. The van der Waals surface area contributed by atoms with Gasteiger partial charge in [0.15, 0.2) is 9.84 Å². The van der Waals surface area contributed by atoms with Crippen molar-refractivity contribution in [3.63, 3.8) is 0 Å². The van der Waals surface area contributed by atoms with Crippen LogP contribution in [0.15, 0.2) is 122 Å². The number of nitrogens with zero attached hydrogens (tertiary/aromatic N) is 2. The number of halogens is 8. The molecular formula is C38H24F8N2O4S. The molecule has 0 amide bonds. The van der Waals surface area contributed by atoms with Crippen LogP contribution in [0.4, 0.5) is 35.1 Å². The SMILES string of the molecule is O=S(=O)(Cc1ccc(-c2cnccc2-c2ccc(OC(F)(F)F)cc2)cc1F)Cc1ccc(-c2cnccc2-c2ccc(OC(F)(F)F)cc2)cc1F. The first-order chi connectivity index (χ1) is 25.0. The Bertz CT molecular complexity index is 2200. The lowest BCUT2D eigenvalue weighted by Gasteiger charge is -2.13. The van der Waals surface area contributed by atoms with Crippen LogP contribution in [-0.2, 0) is 21.3 Å². The van der Waals surface area contributed by atoms with Gasteiger partial charge in [-0.15, -0.1) is 26.3 Å². The van der Waals surface area contributed by atoms with Gasteiger partial charge >= 0.3 is 12.7 Å². The number of pyridine rings is 2. The van der Waals surface area contributed by atoms with Crippen LogP contribution in [0.3, 0.4) is 0 Å². The fourth-order valence-corrected chi connectivity index (χ4v) is 7.13. The Hall–Kier alpha value is -5.83. The van der Waals surface area contributed by atoms with Gasteiger partial charge in [-0.25, -0.2) is 17.2 Å². The molecule has 0 fully saturated rings. The van der Waals surface area contributed by atoms with E-state index < -0.39 is 57.2 Å². The van der Waals surface area contributed by atoms with Crippen molar-refractivity contribution in [1.82, 2.24) is 9.97 Å². The largest absolute Gasteiger partial charge is 0.573 e. The summed E-state index contributed by atoms with van der Waals surface area (Å²) in [6, 6.07) is 21.1. The summed E-state index contributed by atoms with van der Waals surface area (Å²) >= 11 is 0. The average Bonchev–Trinajstić information content (AvgIpc) is 3.09. The highest BCUT2D eigenvalue weighted by molar-refractivity contribution is 7.89. The number of rotatable bonds is 10. The van der Waals surface area contributed by atoms with Gasteiger partial charge in [-0.05, 0) is 81.9 Å². The van der Waals surface area contributed by atoms with Crippen LogP contribution in [-0.4, -0.2) is 31.1 Å². The number of hydrogen-bond donors (Lipinski definition) is 0. The van der Waals surface area contributed by atoms with Crippen LogP contribution in [0.1, 0.15) is 11.1 Å². The molecule has 0 radical (unpaired) electrons. The summed E-state index contributed by atoms with van der Waals surface area (Å²) in [5.74, 6) is -4.04. The number of aromatic nitrogens is 2. The lowest BCUT2D eigenvalue weighted by molar-refractivity contribution is -0.275. The van der Waals surface area contributed by atoms with E-state index >= 15 is 8.78 Å². The second-order valence-corrected chi connectivity index (χ2v) is 13.7. The molecule has 4 aromatic carbocycles. The number of ether oxygens (including phenoxy) is 2. The van der Waals surface area contributed by atoms with E-state index in [1.165, 1.54) is 73.3 Å². The summed E-state index contributed by atoms with van der Waals surface area (Å²) in [5, 5.41) is 0. The first kappa shape index (κ1) is 36.9. The highest BCUT2D eigenvalue weighted by Gasteiger charge is 2.32. The van der Waals surface area contributed by atoms with Crippen molar-refractivity contribution in [3.8, 4) is 56.0 Å². The summed E-state index contributed by atoms with van der Waals surface area (Å²) in [5.41, 5.74) is 3.18. The van der Waals surface area contributed by atoms with E-state index in [9.17, 15) is 34.8 Å². The number of benzene rings is 4. The Morgan fingerprint density at radius 2 is 0.849 bits per heavy atom. The number of hydrogen-bond acceptors (Lipinski definition) is 6. The minimum atomic E-state index is -4.86. The molecule has 0 aliphatic heterocycles. The zero-order chi connectivity index (χ0) is 38.0. The van der Waals surface area contributed by atoms with Crippen LogP contribution in [0.25, 0.3) is 44.5 Å². The molecule has 15 heteroatoms. The van der Waals surface area contributed by atoms with Crippen molar-refractivity contribution < 1.29 is 53.0 Å². The Morgan fingerprint density at radius 3 is 1.19 bits per heavy atom. The topological polar surface area (TPSA) is 78.4 Å². The standard InChI is InChI=1S/C38H24F8N2O4S/c39-35-17-25(33-19-47-15-13-31(33)23-5-9-29(10-6-23)51-37(41,42)43)1-3-27(35)21-53(49,50)22-28-4-2-26(18-36(28)40)34-20-48-16-14-32(34)24-7-11-30(12-8-24)52-38(44,45)46/h1-20H,21-22H2. The Kier molecular flexibility index (Phi) is 10.2. The molecule has 0 atom stereocenters. The van der Waals surface area contributed by atoms with Crippen molar-refractivity contribution in [2.75, 3.05) is 0 Å². The molecule has 0 aliphatic rings. The first-order valence-corrected chi connectivity index (χ1v) is 17.2. The smallest absolute Gasteiger partial charge is 0.406 e. The molecule has 0 N–H and O–H groups in total. The molecule has 0 saturated carbocycles. The first-order valence-electron chi connectivity index (χ1n) is 15.4. The van der Waals surface area contributed by atoms with Crippen LogP contribution >= 0.6 is 0 Å². The van der Waals surface area contributed by atoms with E-state index in [4.69, 9.17) is 0 Å². The van der Waals surface area contributed by atoms with Gasteiger partial charge < -0.3 is 9.47 Å². The van der Waals surface area contributed by atoms with Crippen LogP contribution in [0, 0.1) is 11.6 Å². The van der Waals surface area contributed by atoms with Crippen LogP contribution in [0.2, 0.25) is 0 Å². The summed E-state index contributed by atoms with van der Waals surface area (Å²) in [6.45, 7) is 0. The van der Waals surface area contributed by atoms with Gasteiger partial charge in [0.1, 0.15) is 23.1 Å². The van der Waals surface area contributed by atoms with E-state index in [2.05, 4.69) is 19.4 Å². The molecule has 2 heterocycles. The molecule has 272 valence electrons. The molecule has 6 aromatic rings. The van der Waals surface area contributed by atoms with Crippen molar-refractivity contribution in [2.45, 2.75) is 24.2 Å². The van der Waals surface area contributed by atoms with Gasteiger partial charge in [-0.2, -0.15) is 0 Å². The second-order valence-electron chi connectivity index (χ2n) is 11.6. The Morgan fingerprint density at radius 1 is 0.491 bits per heavy atom. The Balaban J connectivity index is 1.18. The third-order valence-electron chi connectivity index (χ3n) is 7.92. The third kappa shape index (κ3) is 9.35. The summed E-state index contributed by atoms with van der Waals surface area (Å²) in [4.78, 5) is 8.14. The highest BCUT2D eigenvalue weighted by atomic mass is 32.2. The summed E-state index contributed by atoms with van der Waals surface area (Å²) in [6.07, 6.45) is -3.94. The maximum Gasteiger partial charge on any atom is 0.573 e. The fraction of sp³-hybridized carbons (Fsp3) is 0.105. The third-order valence-corrected chi connectivity index (χ3v) is 9.42. The normalized spacial score (nSPS) is 12.1. The van der Waals surface area contributed by atoms with Crippen molar-refractivity contribution in [1.29, 1.82) is 0 Å². The molecular weight excluding hydrogens is 732 g/mol. The van der Waals surface area contributed by atoms with Gasteiger partial charge in [0, 0.05) is 47.0 Å². The monoisotopic (exact) mass is 756 g/mol. The van der Waals surface area contributed by atoms with E-state index in [1.54, 1.807) is 12.1 Å². The molecule has 6 rings (SSSR count). The second kappa shape index (κ2) is 14.7. The van der Waals surface area contributed by atoms with Crippen LogP contribution in [0.5, 0.6) is 11.5 Å². The van der Waals surface area contributed by atoms with Crippen molar-refractivity contribution >= 4 is 9.84 Å². The summed E-state index contributed by atoms with van der Waals surface area (Å²) in [7, 11) is -4.11. The molecule has 0 spiro atoms. The van der Waals surface area contributed by atoms with E-state index in [1.807, 2.05) is 0 Å². The van der Waals surface area contributed by atoms with Crippen LogP contribution < -0.4 is 9.47 Å². The minimum Gasteiger partial charge on any atom is -0.406 e. The van der Waals surface area contributed by atoms with E-state index in [-0.39, 0.29) is 11.1 Å². The van der Waals surface area contributed by atoms with Gasteiger partial charge in [0.05, 0.1) is 11.5 Å². The molecule has 2 aromatic heterocycles. The molecule has 0 bridgehead atoms. The minimum absolute atomic E-state index is 0.170. The number of alkyl halides is 6. The molecule has 0 aliphatic carbocycles. The maximum atomic E-state index is 15.4. The lowest BCUT2D eigenvalue weighted by atomic mass is 9.96. The van der Waals surface area contributed by atoms with Gasteiger partial charge in [0.2, 0.25) is 0 Å². The summed E-state index contributed by atoms with van der Waals surface area (Å²) < 4.78 is 140. The zero-order valence-corrected chi connectivity index (χ0v) is 27.7. The van der Waals surface area contributed by atoms with Crippen molar-refractivity contribution in [2.24, 2.45) is 0 Å². The molecule has 6 nitrogen and oxygen atoms in total. The molecule has 0 unspecified atom stereocenters. The van der Waals surface area contributed by atoms with Crippen molar-refractivity contribution in [3.05, 3.63) is 145 Å². The highest BCUT2D eigenvalue weighted by Crippen LogP contribution is 2.36. The van der Waals surface area contributed by atoms with Gasteiger partial charge in [0.25, 0.3) is 0 Å². The zero-order valence-electron chi connectivity index (χ0n) is 26.9. The quantitative estimate of drug-likeness (QED) is 0.130.